The van der Waals surface area contributed by atoms with Crippen molar-refractivity contribution >= 4 is 124 Å². The summed E-state index contributed by atoms with van der Waals surface area (Å²) in [4.78, 5) is 19.6. The maximum absolute atomic E-state index is 10.4. The summed E-state index contributed by atoms with van der Waals surface area (Å²) in [5, 5.41) is 8.17. The van der Waals surface area contributed by atoms with Gasteiger partial charge in [0, 0.05) is 0 Å². The zero-order valence-corrected chi connectivity index (χ0v) is 47.0. The van der Waals surface area contributed by atoms with Gasteiger partial charge in [-0.1, -0.05) is 132 Å². The van der Waals surface area contributed by atoms with Crippen LogP contribution in [0.3, 0.4) is 0 Å². The molecular weight excluding hydrogens is 958 g/mol. The average molecular weight is 1050 g/mol. The van der Waals surface area contributed by atoms with Crippen molar-refractivity contribution in [1.82, 2.24) is 0 Å². The second-order valence-electron chi connectivity index (χ2n) is 14.1. The van der Waals surface area contributed by atoms with Gasteiger partial charge in [-0.15, -0.1) is 0 Å². The number of rotatable bonds is 23. The molecule has 0 saturated carbocycles. The number of thiol groups is 6. The summed E-state index contributed by atoms with van der Waals surface area (Å²) in [6.45, 7) is 18.1. The molecule has 0 aromatic heterocycles. The van der Waals surface area contributed by atoms with Gasteiger partial charge in [-0.3, -0.25) is 0 Å². The number of unbranched alkanes of at least 4 members (excludes halogenated alkanes) is 8. The third kappa shape index (κ3) is 113. The standard InChI is InChI=1S/4C8H18S.C4H8O3S2.4CH3.2Sn/c4*1-8(2)6-4-3-5-7-9;5-1-2-7-3(6)4(8)9;;;;;;/h4*8-9H,3-7H2,1-2H3;4-5,8-9H,1-2H2;4*1H3;;. The zero-order valence-electron chi connectivity index (χ0n) is 35.9. The monoisotopic (exact) mass is 1050 g/mol. The second-order valence-corrected chi connectivity index (χ2v) is 23.1. The molecule has 0 saturated heterocycles. The van der Waals surface area contributed by atoms with Crippen LogP contribution >= 0.6 is 75.8 Å². The number of hydrogen-bond donors (Lipinski definition) is 7. The fourth-order valence-corrected chi connectivity index (χ4v) is 4.63. The molecule has 0 aliphatic rings. The molecule has 0 aliphatic heterocycles. The van der Waals surface area contributed by atoms with Crippen LogP contribution in [0.1, 0.15) is 158 Å². The fraction of sp³-hybridized carbons (Fsp3) is 0.975. The summed E-state index contributed by atoms with van der Waals surface area (Å²) in [6, 6.07) is 0. The number of aliphatic hydroxyl groups is 1. The molecule has 0 spiro atoms. The van der Waals surface area contributed by atoms with E-state index in [4.69, 9.17) is 5.11 Å². The van der Waals surface area contributed by atoms with E-state index in [-0.39, 0.29) is 55.5 Å². The Morgan fingerprint density at radius 3 is 0.843 bits per heavy atom. The predicted molar refractivity (Wildman–Crippen MR) is 263 cm³/mol. The molecule has 0 aromatic carbocycles. The Kier molecular flexibility index (Phi) is 91.5. The molecule has 4 radical (unpaired) electrons. The van der Waals surface area contributed by atoms with Crippen molar-refractivity contribution in [2.75, 3.05) is 36.2 Å². The number of carbonyl (C=O) groups excluding carboxylic acids is 1. The molecule has 0 fully saturated rings. The molecule has 0 amide bonds. The third-order valence-electron chi connectivity index (χ3n) is 6.30. The van der Waals surface area contributed by atoms with Crippen LogP contribution in [0.4, 0.5) is 0 Å². The van der Waals surface area contributed by atoms with E-state index in [1.165, 1.54) is 103 Å². The molecule has 0 rings (SSSR count). The van der Waals surface area contributed by atoms with E-state index in [1.807, 2.05) is 0 Å². The predicted octanol–water partition coefficient (Wildman–Crippen LogP) is 13.8. The van der Waals surface area contributed by atoms with Crippen molar-refractivity contribution in [1.29, 1.82) is 0 Å². The molecule has 51 heavy (non-hydrogen) atoms. The van der Waals surface area contributed by atoms with Crippen LogP contribution in [-0.4, -0.2) is 94.2 Å². The van der Waals surface area contributed by atoms with Crippen LogP contribution in [0.15, 0.2) is 0 Å². The molecule has 0 aromatic rings. The van der Waals surface area contributed by atoms with Crippen LogP contribution < -0.4 is 0 Å². The van der Waals surface area contributed by atoms with E-state index in [2.05, 4.69) is 156 Å². The van der Waals surface area contributed by atoms with Gasteiger partial charge < -0.3 is 9.84 Å². The van der Waals surface area contributed by atoms with Crippen molar-refractivity contribution in [2.45, 2.75) is 182 Å². The number of aliphatic hydroxyl groups excluding tert-OH is 1. The number of esters is 1. The van der Waals surface area contributed by atoms with Crippen molar-refractivity contribution in [3.63, 3.8) is 0 Å². The molecule has 0 aliphatic carbocycles. The average Bonchev–Trinajstić information content (AvgIpc) is 3.06. The van der Waals surface area contributed by atoms with Crippen molar-refractivity contribution in [3.8, 4) is 0 Å². The third-order valence-corrected chi connectivity index (χ3v) is 7.99. The molecule has 314 valence electrons. The minimum atomic E-state index is -0.712. The topological polar surface area (TPSA) is 46.5 Å². The first-order valence-corrected chi connectivity index (χ1v) is 34.8. The van der Waals surface area contributed by atoms with Gasteiger partial charge >= 0.3 is 68.0 Å². The van der Waals surface area contributed by atoms with Gasteiger partial charge in [-0.2, -0.15) is 75.8 Å². The van der Waals surface area contributed by atoms with Crippen LogP contribution in [0.25, 0.3) is 0 Å². The molecule has 0 heterocycles. The summed E-state index contributed by atoms with van der Waals surface area (Å²) in [5.41, 5.74) is 0. The zero-order chi connectivity index (χ0) is 41.1. The Labute approximate surface area is 377 Å². The normalized spacial score (nSPS) is 9.96. The number of carbonyl (C=O) groups is 1. The first-order valence-electron chi connectivity index (χ1n) is 19.8. The van der Waals surface area contributed by atoms with E-state index >= 15 is 0 Å². The van der Waals surface area contributed by atoms with Gasteiger partial charge in [-0.25, -0.2) is 4.79 Å². The van der Waals surface area contributed by atoms with E-state index in [9.17, 15) is 4.79 Å². The molecule has 1 N–H and O–H groups in total. The quantitative estimate of drug-likeness (QED) is 0.0184. The van der Waals surface area contributed by atoms with Crippen LogP contribution in [-0.2, 0) is 9.53 Å². The Hall–Kier alpha value is 3.13. The molecule has 0 atom stereocenters. The molecule has 0 unspecified atom stereocenters. The first-order chi connectivity index (χ1) is 24.1. The van der Waals surface area contributed by atoms with Crippen molar-refractivity contribution in [3.05, 3.63) is 0 Å². The minimum absolute atomic E-state index is 0.0104. The number of hydrogen-bond acceptors (Lipinski definition) is 9. The summed E-state index contributed by atoms with van der Waals surface area (Å²) in [5.74, 6) is 7.20. The number of ether oxygens (including phenoxy) is 1. The molecular formula is C40H92O3S6Sn2. The van der Waals surface area contributed by atoms with Gasteiger partial charge in [0.1, 0.15) is 11.2 Å². The molecule has 0 bridgehead atoms. The van der Waals surface area contributed by atoms with Gasteiger partial charge in [0.05, 0.1) is 6.61 Å². The van der Waals surface area contributed by atoms with Crippen LogP contribution in [0.5, 0.6) is 0 Å². The van der Waals surface area contributed by atoms with Gasteiger partial charge in [-0.05, 0) is 72.4 Å². The van der Waals surface area contributed by atoms with Crippen molar-refractivity contribution in [2.24, 2.45) is 23.7 Å². The van der Waals surface area contributed by atoms with E-state index in [0.717, 1.165) is 46.7 Å². The van der Waals surface area contributed by atoms with E-state index < -0.39 is 10.6 Å². The van der Waals surface area contributed by atoms with E-state index in [0.29, 0.717) is 0 Å². The summed E-state index contributed by atoms with van der Waals surface area (Å²) >= 11 is 24.4. The van der Waals surface area contributed by atoms with Crippen LogP contribution in [0.2, 0.25) is 19.8 Å². The van der Waals surface area contributed by atoms with Crippen molar-refractivity contribution < 1.29 is 14.6 Å². The molecule has 11 heteroatoms. The SMILES string of the molecule is CC(C)CCCCCS.CC(C)CCCCCS.CC(C)CCCCCS.CC(C)CCCCCS.O=C(OCCO)C(S)S.[CH3][Sn][CH3].[CH3][Sn][CH3]. The maximum atomic E-state index is 10.4. The Balaban J connectivity index is -0.0000000911. The second kappa shape index (κ2) is 67.8. The Bertz CT molecular complexity index is 482. The van der Waals surface area contributed by atoms with E-state index in [1.54, 1.807) is 0 Å². The van der Waals surface area contributed by atoms with Gasteiger partial charge in [0.25, 0.3) is 0 Å². The van der Waals surface area contributed by atoms with Gasteiger partial charge in [0.15, 0.2) is 0 Å². The summed E-state index contributed by atoms with van der Waals surface area (Å²) in [7, 11) is 0. The Morgan fingerprint density at radius 2 is 0.706 bits per heavy atom. The molecule has 3 nitrogen and oxygen atoms in total. The van der Waals surface area contributed by atoms with Gasteiger partial charge in [0.2, 0.25) is 0 Å². The van der Waals surface area contributed by atoms with Crippen LogP contribution in [0, 0.1) is 23.7 Å². The summed E-state index contributed by atoms with van der Waals surface area (Å²) in [6.07, 6.45) is 21.7. The fourth-order valence-electron chi connectivity index (χ4n) is 3.59. The summed E-state index contributed by atoms with van der Waals surface area (Å²) < 4.78 is 3.70. The Morgan fingerprint density at radius 1 is 0.490 bits per heavy atom. The first kappa shape index (κ1) is 68.8.